The summed E-state index contributed by atoms with van der Waals surface area (Å²) in [6.07, 6.45) is 2.35. The maximum Gasteiger partial charge on any atom is 0.169 e. The molecule has 114 valence electrons. The van der Waals surface area contributed by atoms with Crippen molar-refractivity contribution in [3.05, 3.63) is 41.3 Å². The molecule has 7 heteroatoms. The molecular formula is C15H17ClN6. The van der Waals surface area contributed by atoms with Crippen LogP contribution in [-0.2, 0) is 6.54 Å². The van der Waals surface area contributed by atoms with Crippen molar-refractivity contribution in [2.75, 3.05) is 17.6 Å². The van der Waals surface area contributed by atoms with Gasteiger partial charge in [0, 0.05) is 13.1 Å². The van der Waals surface area contributed by atoms with Crippen LogP contribution >= 0.6 is 11.6 Å². The Labute approximate surface area is 133 Å². The Morgan fingerprint density at radius 2 is 2.14 bits per heavy atom. The summed E-state index contributed by atoms with van der Waals surface area (Å²) in [5.41, 5.74) is 8.30. The van der Waals surface area contributed by atoms with Crippen molar-refractivity contribution in [1.29, 1.82) is 0 Å². The predicted octanol–water partition coefficient (Wildman–Crippen LogP) is 2.87. The maximum atomic E-state index is 6.07. The number of halogens is 1. The van der Waals surface area contributed by atoms with Gasteiger partial charge in [0.15, 0.2) is 5.82 Å². The number of fused-ring (bicyclic) bond motifs is 1. The SMILES string of the molecule is Cc1nc2ccccc2n1CCCNc1nncc(N)c1Cl. The van der Waals surface area contributed by atoms with E-state index in [1.54, 1.807) is 0 Å². The second kappa shape index (κ2) is 6.19. The Kier molecular flexibility index (Phi) is 4.11. The van der Waals surface area contributed by atoms with Crippen LogP contribution in [0.15, 0.2) is 30.5 Å². The van der Waals surface area contributed by atoms with Gasteiger partial charge in [-0.05, 0) is 25.5 Å². The average Bonchev–Trinajstić information content (AvgIpc) is 2.83. The standard InChI is InChI=1S/C15H17ClN6/c1-10-20-12-5-2-3-6-13(12)22(10)8-4-7-18-15-14(16)11(17)9-19-21-15/h2-3,5-6,9H,4,7-8H2,1H3,(H3,17,18,21). The van der Waals surface area contributed by atoms with Gasteiger partial charge in [0.2, 0.25) is 0 Å². The monoisotopic (exact) mass is 316 g/mol. The molecule has 0 saturated heterocycles. The summed E-state index contributed by atoms with van der Waals surface area (Å²) >= 11 is 6.07. The van der Waals surface area contributed by atoms with Crippen LogP contribution in [0.5, 0.6) is 0 Å². The van der Waals surface area contributed by atoms with Crippen LogP contribution in [0, 0.1) is 6.92 Å². The third kappa shape index (κ3) is 2.82. The Bertz CT molecular complexity index is 798. The van der Waals surface area contributed by atoms with E-state index in [4.69, 9.17) is 17.3 Å². The number of aromatic nitrogens is 4. The molecular weight excluding hydrogens is 300 g/mol. The summed E-state index contributed by atoms with van der Waals surface area (Å²) in [5, 5.41) is 11.3. The van der Waals surface area contributed by atoms with Gasteiger partial charge >= 0.3 is 0 Å². The fourth-order valence-electron chi connectivity index (χ4n) is 2.42. The van der Waals surface area contributed by atoms with Gasteiger partial charge in [0.25, 0.3) is 0 Å². The molecule has 0 radical (unpaired) electrons. The summed E-state index contributed by atoms with van der Waals surface area (Å²) in [7, 11) is 0. The fourth-order valence-corrected chi connectivity index (χ4v) is 2.57. The molecule has 0 amide bonds. The van der Waals surface area contributed by atoms with E-state index in [0.29, 0.717) is 16.5 Å². The van der Waals surface area contributed by atoms with Crippen LogP contribution in [0.25, 0.3) is 11.0 Å². The molecule has 0 atom stereocenters. The van der Waals surface area contributed by atoms with E-state index in [-0.39, 0.29) is 0 Å². The number of imidazole rings is 1. The van der Waals surface area contributed by atoms with E-state index >= 15 is 0 Å². The molecule has 1 aromatic carbocycles. The number of anilines is 2. The molecule has 0 unspecified atom stereocenters. The number of nitrogens with two attached hydrogens (primary N) is 1. The molecule has 0 fully saturated rings. The third-order valence-corrected chi connectivity index (χ3v) is 3.91. The van der Waals surface area contributed by atoms with Gasteiger partial charge in [-0.25, -0.2) is 4.98 Å². The van der Waals surface area contributed by atoms with E-state index in [1.807, 2.05) is 25.1 Å². The quantitative estimate of drug-likeness (QED) is 0.707. The van der Waals surface area contributed by atoms with E-state index in [0.717, 1.165) is 36.4 Å². The largest absolute Gasteiger partial charge is 0.396 e. The molecule has 3 rings (SSSR count). The van der Waals surface area contributed by atoms with Crippen LogP contribution in [0.3, 0.4) is 0 Å². The van der Waals surface area contributed by atoms with Gasteiger partial charge < -0.3 is 15.6 Å². The minimum absolute atomic E-state index is 0.416. The lowest BCUT2D eigenvalue weighted by molar-refractivity contribution is 0.658. The predicted molar refractivity (Wildman–Crippen MR) is 89.0 cm³/mol. The van der Waals surface area contributed by atoms with E-state index in [9.17, 15) is 0 Å². The van der Waals surface area contributed by atoms with Gasteiger partial charge in [0.05, 0.1) is 22.9 Å². The van der Waals surface area contributed by atoms with Gasteiger partial charge in [0.1, 0.15) is 10.8 Å². The highest BCUT2D eigenvalue weighted by atomic mass is 35.5. The van der Waals surface area contributed by atoms with Crippen LogP contribution in [0.4, 0.5) is 11.5 Å². The number of para-hydroxylation sites is 2. The minimum atomic E-state index is 0.416. The van der Waals surface area contributed by atoms with Crippen molar-refractivity contribution < 1.29 is 0 Å². The van der Waals surface area contributed by atoms with E-state index in [2.05, 4.69) is 31.1 Å². The first-order valence-electron chi connectivity index (χ1n) is 7.09. The third-order valence-electron chi connectivity index (χ3n) is 3.51. The second-order valence-corrected chi connectivity index (χ2v) is 5.42. The van der Waals surface area contributed by atoms with Crippen molar-refractivity contribution in [1.82, 2.24) is 19.7 Å². The van der Waals surface area contributed by atoms with Crippen molar-refractivity contribution >= 4 is 34.1 Å². The van der Waals surface area contributed by atoms with Gasteiger partial charge in [-0.3, -0.25) is 0 Å². The van der Waals surface area contributed by atoms with Crippen molar-refractivity contribution in [2.24, 2.45) is 0 Å². The smallest absolute Gasteiger partial charge is 0.169 e. The average molecular weight is 317 g/mol. The van der Waals surface area contributed by atoms with Crippen LogP contribution in [0.2, 0.25) is 5.02 Å². The molecule has 0 aliphatic rings. The minimum Gasteiger partial charge on any atom is -0.396 e. The van der Waals surface area contributed by atoms with Crippen molar-refractivity contribution in [2.45, 2.75) is 19.9 Å². The normalized spacial score (nSPS) is 11.0. The Balaban J connectivity index is 1.63. The molecule has 0 saturated carbocycles. The summed E-state index contributed by atoms with van der Waals surface area (Å²) in [4.78, 5) is 4.56. The number of nitrogens with zero attached hydrogens (tertiary/aromatic N) is 4. The molecule has 0 bridgehead atoms. The maximum absolute atomic E-state index is 6.07. The highest BCUT2D eigenvalue weighted by Crippen LogP contribution is 2.24. The van der Waals surface area contributed by atoms with E-state index < -0.39 is 0 Å². The molecule has 0 spiro atoms. The number of rotatable bonds is 5. The highest BCUT2D eigenvalue weighted by molar-refractivity contribution is 6.35. The lowest BCUT2D eigenvalue weighted by atomic mass is 10.3. The number of nitrogen functional groups attached to an aromatic ring is 1. The zero-order valence-corrected chi connectivity index (χ0v) is 13.0. The van der Waals surface area contributed by atoms with Crippen LogP contribution in [-0.4, -0.2) is 26.3 Å². The molecule has 0 aliphatic heterocycles. The lowest BCUT2D eigenvalue weighted by Crippen LogP contribution is -2.10. The highest BCUT2D eigenvalue weighted by Gasteiger charge is 2.07. The molecule has 22 heavy (non-hydrogen) atoms. The number of benzene rings is 1. The number of aryl methyl sites for hydroxylation is 2. The molecule has 6 nitrogen and oxygen atoms in total. The zero-order chi connectivity index (χ0) is 15.5. The second-order valence-electron chi connectivity index (χ2n) is 5.04. The molecule has 2 heterocycles. The van der Waals surface area contributed by atoms with Crippen molar-refractivity contribution in [3.63, 3.8) is 0 Å². The zero-order valence-electron chi connectivity index (χ0n) is 12.3. The summed E-state index contributed by atoms with van der Waals surface area (Å²) in [6, 6.07) is 8.14. The molecule has 0 aliphatic carbocycles. The Morgan fingerprint density at radius 1 is 1.32 bits per heavy atom. The first-order valence-corrected chi connectivity index (χ1v) is 7.47. The molecule has 3 N–H and O–H groups in total. The van der Waals surface area contributed by atoms with Gasteiger partial charge in [-0.1, -0.05) is 23.7 Å². The number of hydrogen-bond donors (Lipinski definition) is 2. The number of nitrogens with one attached hydrogen (secondary N) is 1. The summed E-state index contributed by atoms with van der Waals surface area (Å²) < 4.78 is 2.21. The fraction of sp³-hybridized carbons (Fsp3) is 0.267. The van der Waals surface area contributed by atoms with Gasteiger partial charge in [-0.15, -0.1) is 5.10 Å². The first-order chi connectivity index (χ1) is 10.7. The number of hydrogen-bond acceptors (Lipinski definition) is 5. The summed E-state index contributed by atoms with van der Waals surface area (Å²) in [5.74, 6) is 1.54. The lowest BCUT2D eigenvalue weighted by Gasteiger charge is -2.09. The van der Waals surface area contributed by atoms with Gasteiger partial charge in [-0.2, -0.15) is 5.10 Å². The van der Waals surface area contributed by atoms with Crippen LogP contribution in [0.1, 0.15) is 12.2 Å². The van der Waals surface area contributed by atoms with Crippen LogP contribution < -0.4 is 11.1 Å². The molecule has 3 aromatic rings. The van der Waals surface area contributed by atoms with E-state index in [1.165, 1.54) is 6.20 Å². The Hall–Kier alpha value is -2.34. The summed E-state index contributed by atoms with van der Waals surface area (Å²) in [6.45, 7) is 3.62. The topological polar surface area (TPSA) is 81.7 Å². The van der Waals surface area contributed by atoms with Crippen molar-refractivity contribution in [3.8, 4) is 0 Å². The Morgan fingerprint density at radius 3 is 3.00 bits per heavy atom. The molecule has 2 aromatic heterocycles. The first kappa shape index (κ1) is 14.6.